The zero-order chi connectivity index (χ0) is 17.9. The lowest BCUT2D eigenvalue weighted by Gasteiger charge is -2.22. The van der Waals surface area contributed by atoms with Gasteiger partial charge in [-0.05, 0) is 54.2 Å². The van der Waals surface area contributed by atoms with E-state index >= 15 is 0 Å². The number of hydrogen-bond acceptors (Lipinski definition) is 3. The molecular formula is C20H23ClO3. The summed E-state index contributed by atoms with van der Waals surface area (Å²) in [6.45, 7) is 9.92. The summed E-state index contributed by atoms with van der Waals surface area (Å²) >= 11 is 6.12. The molecule has 2 aromatic rings. The standard InChI is InChI=1S/C20H23ClO3/c1-13-10-15(11-14(2)19(13)21)24-18(22)12-23-17-9-7-6-8-16(17)20(3,4)5/h6-11H,12H2,1-5H3. The van der Waals surface area contributed by atoms with Gasteiger partial charge in [-0.1, -0.05) is 50.6 Å². The van der Waals surface area contributed by atoms with E-state index in [1.807, 2.05) is 38.1 Å². The molecule has 128 valence electrons. The number of halogens is 1. The van der Waals surface area contributed by atoms with Crippen LogP contribution in [0.15, 0.2) is 36.4 Å². The third-order valence-electron chi connectivity index (χ3n) is 3.68. The average Bonchev–Trinajstić information content (AvgIpc) is 2.50. The Kier molecular flexibility index (Phi) is 5.55. The minimum Gasteiger partial charge on any atom is -0.482 e. The van der Waals surface area contributed by atoms with Crippen molar-refractivity contribution in [3.8, 4) is 11.5 Å². The molecule has 0 radical (unpaired) electrons. The SMILES string of the molecule is Cc1cc(OC(=O)COc2ccccc2C(C)(C)C)cc(C)c1Cl. The topological polar surface area (TPSA) is 35.5 Å². The molecule has 0 spiro atoms. The van der Waals surface area contributed by atoms with Crippen LogP contribution in [0.25, 0.3) is 0 Å². The van der Waals surface area contributed by atoms with E-state index in [1.54, 1.807) is 12.1 Å². The quantitative estimate of drug-likeness (QED) is 0.561. The first-order valence-electron chi connectivity index (χ1n) is 7.88. The molecule has 0 N–H and O–H groups in total. The molecule has 0 heterocycles. The van der Waals surface area contributed by atoms with Crippen molar-refractivity contribution in [2.75, 3.05) is 6.61 Å². The van der Waals surface area contributed by atoms with Crippen LogP contribution in [0.1, 0.15) is 37.5 Å². The summed E-state index contributed by atoms with van der Waals surface area (Å²) in [6.07, 6.45) is 0. The van der Waals surface area contributed by atoms with E-state index in [0.29, 0.717) is 16.5 Å². The van der Waals surface area contributed by atoms with Crippen LogP contribution < -0.4 is 9.47 Å². The van der Waals surface area contributed by atoms with Crippen molar-refractivity contribution >= 4 is 17.6 Å². The van der Waals surface area contributed by atoms with E-state index < -0.39 is 5.97 Å². The summed E-state index contributed by atoms with van der Waals surface area (Å²) in [5, 5.41) is 0.685. The van der Waals surface area contributed by atoms with Crippen LogP contribution in [-0.4, -0.2) is 12.6 Å². The number of para-hydroxylation sites is 1. The van der Waals surface area contributed by atoms with E-state index in [9.17, 15) is 4.79 Å². The Balaban J connectivity index is 2.05. The van der Waals surface area contributed by atoms with Gasteiger partial charge in [-0.2, -0.15) is 0 Å². The highest BCUT2D eigenvalue weighted by Crippen LogP contribution is 2.31. The van der Waals surface area contributed by atoms with Gasteiger partial charge in [0, 0.05) is 5.02 Å². The second-order valence-corrected chi connectivity index (χ2v) is 7.26. The summed E-state index contributed by atoms with van der Waals surface area (Å²) in [4.78, 5) is 12.1. The number of carbonyl (C=O) groups excluding carboxylic acids is 1. The number of hydrogen-bond donors (Lipinski definition) is 0. The first-order chi connectivity index (χ1) is 11.2. The molecule has 0 aliphatic heterocycles. The fourth-order valence-electron chi connectivity index (χ4n) is 2.47. The van der Waals surface area contributed by atoms with Crippen LogP contribution in [0.3, 0.4) is 0 Å². The van der Waals surface area contributed by atoms with Crippen molar-refractivity contribution in [3.05, 3.63) is 58.1 Å². The molecule has 0 unspecified atom stereocenters. The number of esters is 1. The smallest absolute Gasteiger partial charge is 0.349 e. The normalized spacial score (nSPS) is 11.2. The Hall–Kier alpha value is -2.00. The van der Waals surface area contributed by atoms with E-state index in [0.717, 1.165) is 16.7 Å². The zero-order valence-corrected chi connectivity index (χ0v) is 15.5. The lowest BCUT2D eigenvalue weighted by Crippen LogP contribution is -2.20. The third kappa shape index (κ3) is 4.51. The maximum absolute atomic E-state index is 12.1. The Labute approximate surface area is 148 Å². The van der Waals surface area contributed by atoms with Gasteiger partial charge in [0.25, 0.3) is 0 Å². The lowest BCUT2D eigenvalue weighted by molar-refractivity contribution is -0.136. The molecule has 0 amide bonds. The number of ether oxygens (including phenoxy) is 2. The van der Waals surface area contributed by atoms with Crippen molar-refractivity contribution in [1.29, 1.82) is 0 Å². The molecule has 0 saturated heterocycles. The van der Waals surface area contributed by atoms with E-state index in [2.05, 4.69) is 20.8 Å². The molecule has 0 aromatic heterocycles. The molecule has 0 saturated carbocycles. The second-order valence-electron chi connectivity index (χ2n) is 6.88. The number of aryl methyl sites for hydroxylation is 2. The first kappa shape index (κ1) is 18.3. The van der Waals surface area contributed by atoms with Crippen LogP contribution in [0.5, 0.6) is 11.5 Å². The van der Waals surface area contributed by atoms with Crippen molar-refractivity contribution < 1.29 is 14.3 Å². The van der Waals surface area contributed by atoms with Crippen molar-refractivity contribution in [2.24, 2.45) is 0 Å². The van der Waals surface area contributed by atoms with Crippen molar-refractivity contribution in [1.82, 2.24) is 0 Å². The van der Waals surface area contributed by atoms with Gasteiger partial charge in [-0.15, -0.1) is 0 Å². The van der Waals surface area contributed by atoms with Crippen LogP contribution in [-0.2, 0) is 10.2 Å². The molecule has 2 aromatic carbocycles. The third-order valence-corrected chi connectivity index (χ3v) is 4.28. The van der Waals surface area contributed by atoms with Crippen LogP contribution in [0.4, 0.5) is 0 Å². The Morgan fingerprint density at radius 3 is 2.25 bits per heavy atom. The Morgan fingerprint density at radius 1 is 1.08 bits per heavy atom. The van der Waals surface area contributed by atoms with Crippen LogP contribution >= 0.6 is 11.6 Å². The minimum absolute atomic E-state index is 0.0646. The largest absolute Gasteiger partial charge is 0.482 e. The zero-order valence-electron chi connectivity index (χ0n) is 14.8. The second kappa shape index (κ2) is 7.27. The predicted octanol–water partition coefficient (Wildman–Crippen LogP) is 5.24. The molecule has 2 rings (SSSR count). The highest BCUT2D eigenvalue weighted by Gasteiger charge is 2.19. The van der Waals surface area contributed by atoms with Gasteiger partial charge in [-0.25, -0.2) is 4.79 Å². The predicted molar refractivity (Wildman–Crippen MR) is 97.2 cm³/mol. The molecule has 0 fully saturated rings. The van der Waals surface area contributed by atoms with Crippen LogP contribution in [0.2, 0.25) is 5.02 Å². The van der Waals surface area contributed by atoms with Gasteiger partial charge >= 0.3 is 5.97 Å². The number of rotatable bonds is 4. The summed E-state index contributed by atoms with van der Waals surface area (Å²) in [7, 11) is 0. The summed E-state index contributed by atoms with van der Waals surface area (Å²) in [6, 6.07) is 11.2. The molecule has 0 bridgehead atoms. The molecule has 24 heavy (non-hydrogen) atoms. The summed E-state index contributed by atoms with van der Waals surface area (Å²) in [5.41, 5.74) is 2.73. The van der Waals surface area contributed by atoms with E-state index in [4.69, 9.17) is 21.1 Å². The fraction of sp³-hybridized carbons (Fsp3) is 0.350. The first-order valence-corrected chi connectivity index (χ1v) is 8.26. The van der Waals surface area contributed by atoms with Gasteiger partial charge in [-0.3, -0.25) is 0 Å². The van der Waals surface area contributed by atoms with Gasteiger partial charge in [0.2, 0.25) is 0 Å². The van der Waals surface area contributed by atoms with E-state index in [-0.39, 0.29) is 12.0 Å². The molecule has 4 heteroatoms. The monoisotopic (exact) mass is 346 g/mol. The summed E-state index contributed by atoms with van der Waals surface area (Å²) < 4.78 is 11.0. The van der Waals surface area contributed by atoms with E-state index in [1.165, 1.54) is 0 Å². The lowest BCUT2D eigenvalue weighted by atomic mass is 9.86. The molecule has 0 atom stereocenters. The summed E-state index contributed by atoms with van der Waals surface area (Å²) in [5.74, 6) is 0.734. The Bertz CT molecular complexity index is 722. The van der Waals surface area contributed by atoms with Crippen LogP contribution in [0, 0.1) is 13.8 Å². The number of benzene rings is 2. The highest BCUT2D eigenvalue weighted by atomic mass is 35.5. The Morgan fingerprint density at radius 2 is 1.67 bits per heavy atom. The fourth-order valence-corrected chi connectivity index (χ4v) is 2.58. The van der Waals surface area contributed by atoms with Crippen molar-refractivity contribution in [3.63, 3.8) is 0 Å². The molecule has 0 aliphatic carbocycles. The van der Waals surface area contributed by atoms with Gasteiger partial charge in [0.15, 0.2) is 6.61 Å². The van der Waals surface area contributed by atoms with Gasteiger partial charge in [0.1, 0.15) is 11.5 Å². The minimum atomic E-state index is -0.445. The highest BCUT2D eigenvalue weighted by molar-refractivity contribution is 6.32. The average molecular weight is 347 g/mol. The van der Waals surface area contributed by atoms with Crippen molar-refractivity contribution in [2.45, 2.75) is 40.0 Å². The number of carbonyl (C=O) groups is 1. The maximum atomic E-state index is 12.1. The maximum Gasteiger partial charge on any atom is 0.349 e. The molecule has 3 nitrogen and oxygen atoms in total. The molecule has 0 aliphatic rings. The van der Waals surface area contributed by atoms with Gasteiger partial charge in [0.05, 0.1) is 0 Å². The van der Waals surface area contributed by atoms with Gasteiger partial charge < -0.3 is 9.47 Å². The molecular weight excluding hydrogens is 324 g/mol.